The molecule has 3 nitrogen and oxygen atoms in total. The minimum absolute atomic E-state index is 0.324. The average molecular weight is 272 g/mol. The Morgan fingerprint density at radius 2 is 2.29 bits per heavy atom. The Labute approximate surface area is 108 Å². The van der Waals surface area contributed by atoms with Gasteiger partial charge in [-0.15, -0.1) is 0 Å². The Morgan fingerprint density at radius 3 is 3.00 bits per heavy atom. The Hall–Kier alpha value is -1.20. The summed E-state index contributed by atoms with van der Waals surface area (Å²) < 4.78 is 17.1. The van der Waals surface area contributed by atoms with E-state index in [0.717, 1.165) is 18.1 Å². The maximum Gasteiger partial charge on any atom is 0.202 e. The number of nitrogens with zero attached hydrogens (tertiary/aromatic N) is 2. The lowest BCUT2D eigenvalue weighted by Gasteiger charge is -1.99. The van der Waals surface area contributed by atoms with Crippen LogP contribution in [0.25, 0.3) is 11.4 Å². The highest BCUT2D eigenvalue weighted by Gasteiger charge is 2.10. The number of aromatic nitrogens is 2. The molecule has 1 aromatic heterocycles. The fraction of sp³-hybridized carbons (Fsp3) is 0.273. The molecule has 0 aliphatic heterocycles. The van der Waals surface area contributed by atoms with E-state index in [-0.39, 0.29) is 5.82 Å². The lowest BCUT2D eigenvalue weighted by Crippen LogP contribution is -1.98. The quantitative estimate of drug-likeness (QED) is 0.919. The molecule has 0 aliphatic rings. The van der Waals surface area contributed by atoms with E-state index >= 15 is 0 Å². The third kappa shape index (κ3) is 2.92. The molecule has 0 atom stereocenters. The Kier molecular flexibility index (Phi) is 3.91. The molecule has 17 heavy (non-hydrogen) atoms. The molecular formula is C11H11ClFN3S. The van der Waals surface area contributed by atoms with Crippen molar-refractivity contribution in [1.29, 1.82) is 0 Å². The summed E-state index contributed by atoms with van der Waals surface area (Å²) in [5.41, 5.74) is 0.647. The van der Waals surface area contributed by atoms with Crippen LogP contribution in [0, 0.1) is 5.82 Å². The molecule has 1 aromatic carbocycles. The van der Waals surface area contributed by atoms with E-state index in [9.17, 15) is 4.39 Å². The van der Waals surface area contributed by atoms with E-state index in [1.54, 1.807) is 6.07 Å². The molecule has 0 saturated carbocycles. The van der Waals surface area contributed by atoms with Crippen molar-refractivity contribution in [1.82, 2.24) is 9.36 Å². The molecule has 2 aromatic rings. The van der Waals surface area contributed by atoms with Crippen LogP contribution in [0.5, 0.6) is 0 Å². The molecule has 0 fully saturated rings. The minimum atomic E-state index is -0.363. The van der Waals surface area contributed by atoms with Crippen LogP contribution in [-0.2, 0) is 0 Å². The van der Waals surface area contributed by atoms with Crippen LogP contribution in [-0.4, -0.2) is 15.9 Å². The second-order valence-corrected chi connectivity index (χ2v) is 4.63. The van der Waals surface area contributed by atoms with Crippen molar-refractivity contribution < 1.29 is 4.39 Å². The molecule has 1 N–H and O–H groups in total. The van der Waals surface area contributed by atoms with Crippen LogP contribution in [0.3, 0.4) is 0 Å². The number of rotatable bonds is 4. The molecule has 1 heterocycles. The fourth-order valence-electron chi connectivity index (χ4n) is 1.31. The molecule has 6 heteroatoms. The van der Waals surface area contributed by atoms with E-state index in [1.165, 1.54) is 23.7 Å². The summed E-state index contributed by atoms with van der Waals surface area (Å²) in [5.74, 6) is 0.164. The van der Waals surface area contributed by atoms with Crippen molar-refractivity contribution >= 4 is 28.3 Å². The van der Waals surface area contributed by atoms with Crippen molar-refractivity contribution in [2.45, 2.75) is 13.3 Å². The maximum atomic E-state index is 12.9. The van der Waals surface area contributed by atoms with Crippen molar-refractivity contribution in [2.24, 2.45) is 0 Å². The van der Waals surface area contributed by atoms with Crippen LogP contribution in [0.4, 0.5) is 9.52 Å². The van der Waals surface area contributed by atoms with Gasteiger partial charge in [0.05, 0.1) is 5.02 Å². The highest BCUT2D eigenvalue weighted by atomic mass is 35.5. The number of hydrogen-bond donors (Lipinski definition) is 1. The van der Waals surface area contributed by atoms with Gasteiger partial charge < -0.3 is 5.32 Å². The maximum absolute atomic E-state index is 12.9. The van der Waals surface area contributed by atoms with Crippen molar-refractivity contribution in [3.8, 4) is 11.4 Å². The molecule has 2 rings (SSSR count). The van der Waals surface area contributed by atoms with Gasteiger partial charge in [-0.1, -0.05) is 18.5 Å². The van der Waals surface area contributed by atoms with Crippen molar-refractivity contribution in [3.05, 3.63) is 29.0 Å². The molecule has 0 bridgehead atoms. The zero-order chi connectivity index (χ0) is 12.3. The van der Waals surface area contributed by atoms with Crippen LogP contribution in [0.2, 0.25) is 5.02 Å². The van der Waals surface area contributed by atoms with Crippen LogP contribution >= 0.6 is 23.1 Å². The number of halogens is 2. The van der Waals surface area contributed by atoms with Crippen molar-refractivity contribution in [3.63, 3.8) is 0 Å². The molecule has 0 amide bonds. The first-order valence-electron chi connectivity index (χ1n) is 5.23. The van der Waals surface area contributed by atoms with Gasteiger partial charge in [0.25, 0.3) is 0 Å². The summed E-state index contributed by atoms with van der Waals surface area (Å²) in [6.07, 6.45) is 1.02. The minimum Gasteiger partial charge on any atom is -0.360 e. The van der Waals surface area contributed by atoms with E-state index in [0.29, 0.717) is 16.4 Å². The number of anilines is 1. The van der Waals surface area contributed by atoms with E-state index in [2.05, 4.69) is 21.6 Å². The van der Waals surface area contributed by atoms with Gasteiger partial charge in [-0.2, -0.15) is 9.36 Å². The first-order chi connectivity index (χ1) is 8.20. The third-order valence-electron chi connectivity index (χ3n) is 2.12. The van der Waals surface area contributed by atoms with Crippen LogP contribution in [0.15, 0.2) is 18.2 Å². The molecule has 0 spiro atoms. The monoisotopic (exact) mass is 271 g/mol. The molecule has 0 aliphatic carbocycles. The summed E-state index contributed by atoms with van der Waals surface area (Å²) in [5, 5.41) is 4.22. The van der Waals surface area contributed by atoms with E-state index in [1.807, 2.05) is 0 Å². The third-order valence-corrected chi connectivity index (χ3v) is 3.11. The topological polar surface area (TPSA) is 37.8 Å². The van der Waals surface area contributed by atoms with Crippen LogP contribution in [0.1, 0.15) is 13.3 Å². The summed E-state index contributed by atoms with van der Waals surface area (Å²) in [7, 11) is 0. The predicted molar refractivity (Wildman–Crippen MR) is 69.1 cm³/mol. The Balaban J connectivity index is 2.24. The van der Waals surface area contributed by atoms with Gasteiger partial charge in [0.1, 0.15) is 5.82 Å². The average Bonchev–Trinajstić information content (AvgIpc) is 2.75. The number of hydrogen-bond acceptors (Lipinski definition) is 4. The van der Waals surface area contributed by atoms with E-state index in [4.69, 9.17) is 11.6 Å². The van der Waals surface area contributed by atoms with Gasteiger partial charge in [-0.3, -0.25) is 0 Å². The molecular weight excluding hydrogens is 261 g/mol. The lowest BCUT2D eigenvalue weighted by atomic mass is 10.2. The summed E-state index contributed by atoms with van der Waals surface area (Å²) in [4.78, 5) is 4.30. The van der Waals surface area contributed by atoms with Gasteiger partial charge >= 0.3 is 0 Å². The van der Waals surface area contributed by atoms with Crippen LogP contribution < -0.4 is 5.32 Å². The Morgan fingerprint density at radius 1 is 1.47 bits per heavy atom. The summed E-state index contributed by atoms with van der Waals surface area (Å²) in [6.45, 7) is 2.93. The van der Waals surface area contributed by atoms with Gasteiger partial charge in [-0.05, 0) is 24.6 Å². The number of benzene rings is 1. The summed E-state index contributed by atoms with van der Waals surface area (Å²) >= 11 is 7.21. The highest BCUT2D eigenvalue weighted by Crippen LogP contribution is 2.28. The van der Waals surface area contributed by atoms with Gasteiger partial charge in [-0.25, -0.2) is 4.39 Å². The smallest absolute Gasteiger partial charge is 0.202 e. The standard InChI is InChI=1S/C11H11ClFN3S/c1-2-5-14-11-15-10(16-17-11)8-4-3-7(13)6-9(8)12/h3-4,6H,2,5H2,1H3,(H,14,15,16). The molecule has 0 unspecified atom stereocenters. The first-order valence-corrected chi connectivity index (χ1v) is 6.39. The highest BCUT2D eigenvalue weighted by molar-refractivity contribution is 7.09. The SMILES string of the molecule is CCCNc1nc(-c2ccc(F)cc2Cl)ns1. The molecule has 0 saturated heterocycles. The van der Waals surface area contributed by atoms with Crippen molar-refractivity contribution in [2.75, 3.05) is 11.9 Å². The normalized spacial score (nSPS) is 10.5. The zero-order valence-electron chi connectivity index (χ0n) is 9.20. The van der Waals surface area contributed by atoms with Gasteiger partial charge in [0, 0.05) is 23.6 Å². The van der Waals surface area contributed by atoms with E-state index < -0.39 is 0 Å². The van der Waals surface area contributed by atoms with Gasteiger partial charge in [0.15, 0.2) is 5.82 Å². The second-order valence-electron chi connectivity index (χ2n) is 3.47. The largest absolute Gasteiger partial charge is 0.360 e. The second kappa shape index (κ2) is 5.42. The first kappa shape index (κ1) is 12.3. The summed E-state index contributed by atoms with van der Waals surface area (Å²) in [6, 6.07) is 4.20. The molecule has 0 radical (unpaired) electrons. The molecule has 90 valence electrons. The number of nitrogens with one attached hydrogen (secondary N) is 1. The lowest BCUT2D eigenvalue weighted by molar-refractivity contribution is 0.628. The fourth-order valence-corrected chi connectivity index (χ4v) is 2.17. The zero-order valence-corrected chi connectivity index (χ0v) is 10.8. The van der Waals surface area contributed by atoms with Gasteiger partial charge in [0.2, 0.25) is 5.13 Å². The predicted octanol–water partition coefficient (Wildman–Crippen LogP) is 3.82. The Bertz CT molecular complexity index is 515.